The first-order valence-corrected chi connectivity index (χ1v) is 5.32. The Morgan fingerprint density at radius 2 is 1.94 bits per heavy atom. The predicted octanol–water partition coefficient (Wildman–Crippen LogP) is 1.56. The van der Waals surface area contributed by atoms with Crippen LogP contribution in [0.1, 0.15) is 12.8 Å². The van der Waals surface area contributed by atoms with Gasteiger partial charge in [-0.1, -0.05) is 12.2 Å². The van der Waals surface area contributed by atoms with Crippen molar-refractivity contribution < 1.29 is 17.9 Å². The molecule has 0 aliphatic carbocycles. The molecule has 0 radical (unpaired) electrons. The zero-order chi connectivity index (χ0) is 12.6. The number of hydrogen-bond acceptors (Lipinski definition) is 3. The van der Waals surface area contributed by atoms with Crippen LogP contribution in [0.25, 0.3) is 0 Å². The number of hydrogen-bond donors (Lipinski definition) is 1. The highest BCUT2D eigenvalue weighted by atomic mass is 32.1. The van der Waals surface area contributed by atoms with E-state index in [9.17, 15) is 13.2 Å². The molecule has 0 atom stereocenters. The van der Waals surface area contributed by atoms with E-state index >= 15 is 0 Å². The van der Waals surface area contributed by atoms with Gasteiger partial charge in [-0.25, -0.2) is 0 Å². The molecular weight excluding hydrogens is 241 g/mol. The van der Waals surface area contributed by atoms with Gasteiger partial charge in [-0.3, -0.25) is 0 Å². The highest BCUT2D eigenvalue weighted by Crippen LogP contribution is 2.19. The van der Waals surface area contributed by atoms with Gasteiger partial charge in [-0.2, -0.15) is 13.2 Å². The minimum atomic E-state index is -4.13. The standard InChI is InChI=1S/C9H17F3N2OS/c1-15-7-6-14(4-2-8(13)16)5-3-9(10,11)12/h2-7H2,1H3,(H2,13,16). The first-order chi connectivity index (χ1) is 7.35. The molecule has 0 rings (SSSR count). The van der Waals surface area contributed by atoms with Gasteiger partial charge in [0.15, 0.2) is 0 Å². The minimum absolute atomic E-state index is 0.0462. The van der Waals surface area contributed by atoms with Gasteiger partial charge in [0.2, 0.25) is 0 Å². The van der Waals surface area contributed by atoms with Gasteiger partial charge in [0.1, 0.15) is 0 Å². The normalized spacial score (nSPS) is 12.1. The molecule has 0 aliphatic heterocycles. The molecular formula is C9H17F3N2OS. The Labute approximate surface area is 98.7 Å². The van der Waals surface area contributed by atoms with Gasteiger partial charge in [0, 0.05) is 33.2 Å². The fraction of sp³-hybridized carbons (Fsp3) is 0.889. The molecule has 0 aromatic carbocycles. The van der Waals surface area contributed by atoms with Crippen molar-refractivity contribution in [1.82, 2.24) is 4.90 Å². The Kier molecular flexibility index (Phi) is 7.61. The number of methoxy groups -OCH3 is 1. The van der Waals surface area contributed by atoms with E-state index in [0.717, 1.165) is 0 Å². The summed E-state index contributed by atoms with van der Waals surface area (Å²) in [4.78, 5) is 1.96. The molecule has 0 heterocycles. The molecule has 7 heteroatoms. The maximum absolute atomic E-state index is 12.0. The summed E-state index contributed by atoms with van der Waals surface area (Å²) in [5.41, 5.74) is 5.30. The molecule has 0 spiro atoms. The molecule has 96 valence electrons. The van der Waals surface area contributed by atoms with E-state index in [1.165, 1.54) is 7.11 Å². The summed E-state index contributed by atoms with van der Waals surface area (Å²) in [5.74, 6) is 0. The smallest absolute Gasteiger partial charge is 0.390 e. The second kappa shape index (κ2) is 7.81. The van der Waals surface area contributed by atoms with E-state index in [-0.39, 0.29) is 6.54 Å². The van der Waals surface area contributed by atoms with E-state index in [1.54, 1.807) is 4.90 Å². The number of nitrogens with two attached hydrogens (primary N) is 1. The van der Waals surface area contributed by atoms with Gasteiger partial charge in [0.25, 0.3) is 0 Å². The van der Waals surface area contributed by atoms with Crippen molar-refractivity contribution in [1.29, 1.82) is 0 Å². The lowest BCUT2D eigenvalue weighted by atomic mass is 10.3. The van der Waals surface area contributed by atoms with Gasteiger partial charge in [-0.05, 0) is 0 Å². The first kappa shape index (κ1) is 15.6. The second-order valence-corrected chi connectivity index (χ2v) is 3.94. The van der Waals surface area contributed by atoms with Crippen LogP contribution in [0.3, 0.4) is 0 Å². The Bertz CT molecular complexity index is 211. The summed E-state index contributed by atoms with van der Waals surface area (Å²) in [6, 6.07) is 0. The van der Waals surface area contributed by atoms with E-state index in [0.29, 0.717) is 31.1 Å². The molecule has 0 aromatic heterocycles. The molecule has 0 saturated heterocycles. The Hall–Kier alpha value is -0.400. The average molecular weight is 258 g/mol. The quantitative estimate of drug-likeness (QED) is 0.671. The molecule has 0 aliphatic rings. The second-order valence-electron chi connectivity index (χ2n) is 3.42. The molecule has 0 fully saturated rings. The van der Waals surface area contributed by atoms with Crippen LogP contribution in [0, 0.1) is 0 Å². The topological polar surface area (TPSA) is 38.5 Å². The third-order valence-electron chi connectivity index (χ3n) is 2.00. The lowest BCUT2D eigenvalue weighted by Gasteiger charge is -2.22. The monoisotopic (exact) mass is 258 g/mol. The number of rotatable bonds is 8. The Morgan fingerprint density at radius 1 is 1.31 bits per heavy atom. The molecule has 0 aromatic rings. The van der Waals surface area contributed by atoms with Crippen LogP contribution in [0.5, 0.6) is 0 Å². The van der Waals surface area contributed by atoms with Crippen molar-refractivity contribution in [2.45, 2.75) is 19.0 Å². The van der Waals surface area contributed by atoms with E-state index < -0.39 is 12.6 Å². The van der Waals surface area contributed by atoms with Crippen molar-refractivity contribution in [3.63, 3.8) is 0 Å². The number of ether oxygens (including phenoxy) is 1. The lowest BCUT2D eigenvalue weighted by molar-refractivity contribution is -0.138. The molecule has 0 unspecified atom stereocenters. The number of nitrogens with zero attached hydrogens (tertiary/aromatic N) is 1. The number of halogens is 3. The zero-order valence-corrected chi connectivity index (χ0v) is 10.0. The van der Waals surface area contributed by atoms with Crippen molar-refractivity contribution >= 4 is 17.2 Å². The zero-order valence-electron chi connectivity index (χ0n) is 9.22. The van der Waals surface area contributed by atoms with E-state index in [2.05, 4.69) is 12.2 Å². The highest BCUT2D eigenvalue weighted by Gasteiger charge is 2.27. The van der Waals surface area contributed by atoms with Gasteiger partial charge < -0.3 is 15.4 Å². The van der Waals surface area contributed by atoms with E-state index in [1.807, 2.05) is 0 Å². The van der Waals surface area contributed by atoms with Crippen LogP contribution in [0.4, 0.5) is 13.2 Å². The van der Waals surface area contributed by atoms with Crippen molar-refractivity contribution in [3.8, 4) is 0 Å². The lowest BCUT2D eigenvalue weighted by Crippen LogP contribution is -2.33. The molecule has 3 nitrogen and oxygen atoms in total. The number of alkyl halides is 3. The van der Waals surface area contributed by atoms with Gasteiger partial charge >= 0.3 is 6.18 Å². The van der Waals surface area contributed by atoms with E-state index in [4.69, 9.17) is 10.5 Å². The summed E-state index contributed by atoms with van der Waals surface area (Å²) in [5, 5.41) is 0. The summed E-state index contributed by atoms with van der Waals surface area (Å²) < 4.78 is 40.9. The third-order valence-corrected chi connectivity index (χ3v) is 2.20. The summed E-state index contributed by atoms with van der Waals surface area (Å²) >= 11 is 4.68. The fourth-order valence-corrected chi connectivity index (χ4v) is 1.20. The summed E-state index contributed by atoms with van der Waals surface area (Å²) in [6.07, 6.45) is -4.53. The largest absolute Gasteiger partial charge is 0.393 e. The maximum Gasteiger partial charge on any atom is 0.390 e. The van der Waals surface area contributed by atoms with Crippen LogP contribution in [-0.2, 0) is 4.74 Å². The van der Waals surface area contributed by atoms with Gasteiger partial charge in [0.05, 0.1) is 18.0 Å². The SMILES string of the molecule is COCCN(CCC(N)=S)CCC(F)(F)F. The minimum Gasteiger partial charge on any atom is -0.393 e. The molecule has 0 bridgehead atoms. The van der Waals surface area contributed by atoms with Crippen molar-refractivity contribution in [3.05, 3.63) is 0 Å². The summed E-state index contributed by atoms with van der Waals surface area (Å²) in [7, 11) is 1.51. The number of thiocarbonyl (C=S) groups is 1. The van der Waals surface area contributed by atoms with Crippen LogP contribution in [-0.4, -0.2) is 49.4 Å². The molecule has 0 saturated carbocycles. The maximum atomic E-state index is 12.0. The fourth-order valence-electron chi connectivity index (χ4n) is 1.11. The van der Waals surface area contributed by atoms with Crippen LogP contribution in [0.15, 0.2) is 0 Å². The average Bonchev–Trinajstić information content (AvgIpc) is 2.15. The Balaban J connectivity index is 3.94. The third kappa shape index (κ3) is 10.1. The predicted molar refractivity (Wildman–Crippen MR) is 60.4 cm³/mol. The van der Waals surface area contributed by atoms with Crippen molar-refractivity contribution in [2.24, 2.45) is 5.73 Å². The summed E-state index contributed by atoms with van der Waals surface area (Å²) in [6.45, 7) is 1.24. The van der Waals surface area contributed by atoms with Crippen LogP contribution < -0.4 is 5.73 Å². The molecule has 16 heavy (non-hydrogen) atoms. The van der Waals surface area contributed by atoms with Gasteiger partial charge in [-0.15, -0.1) is 0 Å². The Morgan fingerprint density at radius 3 is 2.38 bits per heavy atom. The molecule has 2 N–H and O–H groups in total. The molecule has 0 amide bonds. The highest BCUT2D eigenvalue weighted by molar-refractivity contribution is 7.80. The van der Waals surface area contributed by atoms with Crippen LogP contribution in [0.2, 0.25) is 0 Å². The van der Waals surface area contributed by atoms with Crippen LogP contribution >= 0.6 is 12.2 Å². The first-order valence-electron chi connectivity index (χ1n) is 4.91. The van der Waals surface area contributed by atoms with Crippen molar-refractivity contribution in [2.75, 3.05) is 33.4 Å².